The largest absolute Gasteiger partial charge is 0.493 e. The van der Waals surface area contributed by atoms with Gasteiger partial charge in [0, 0.05) is 18.7 Å². The average molecular weight is 493 g/mol. The van der Waals surface area contributed by atoms with E-state index in [0.29, 0.717) is 29.0 Å². The molecule has 1 fully saturated rings. The smallest absolute Gasteiger partial charge is 0.237 e. The molecule has 0 N–H and O–H groups in total. The molecule has 0 aliphatic carbocycles. The van der Waals surface area contributed by atoms with Crippen molar-refractivity contribution in [3.8, 4) is 28.6 Å². The topological polar surface area (TPSA) is 91.3 Å². The van der Waals surface area contributed by atoms with Crippen LogP contribution >= 0.6 is 11.8 Å². The van der Waals surface area contributed by atoms with E-state index < -0.39 is 0 Å². The lowest BCUT2D eigenvalue weighted by Crippen LogP contribution is -2.31. The molecule has 0 bridgehead atoms. The van der Waals surface area contributed by atoms with Gasteiger partial charge >= 0.3 is 0 Å². The highest BCUT2D eigenvalue weighted by Gasteiger charge is 2.22. The zero-order chi connectivity index (χ0) is 24.2. The summed E-state index contributed by atoms with van der Waals surface area (Å²) in [5, 5.41) is 14.0. The van der Waals surface area contributed by atoms with Crippen molar-refractivity contribution in [2.75, 3.05) is 32.2 Å². The number of hydrogen-bond acceptors (Lipinski definition) is 9. The van der Waals surface area contributed by atoms with Gasteiger partial charge in [0.2, 0.25) is 17.7 Å². The van der Waals surface area contributed by atoms with Crippen LogP contribution in [0.2, 0.25) is 0 Å². The lowest BCUT2D eigenvalue weighted by atomic mass is 10.1. The van der Waals surface area contributed by atoms with Crippen LogP contribution in [0, 0.1) is 6.92 Å². The monoisotopic (exact) mass is 492 g/mol. The average Bonchev–Trinajstić information content (AvgIpc) is 3.55. The summed E-state index contributed by atoms with van der Waals surface area (Å²) in [5.74, 6) is 3.63. The standard InChI is InChI=1S/C25H28N6O3S/c1-17-7-10-19(11-8-17)31-24(30-13-5-4-6-14-30)27-28-25(31)35-16-22-26-23(29-34-22)18-9-12-20(32-2)21(15-18)33-3/h7-12,15H,4-6,13-14,16H2,1-3H3. The minimum Gasteiger partial charge on any atom is -0.493 e. The van der Waals surface area contributed by atoms with Gasteiger partial charge in [0.1, 0.15) is 0 Å². The van der Waals surface area contributed by atoms with Crippen molar-refractivity contribution in [2.45, 2.75) is 37.1 Å². The maximum atomic E-state index is 5.53. The van der Waals surface area contributed by atoms with Crippen LogP contribution in [-0.4, -0.2) is 52.2 Å². The number of nitrogens with zero attached hydrogens (tertiary/aromatic N) is 6. The van der Waals surface area contributed by atoms with Crippen LogP contribution in [0.3, 0.4) is 0 Å². The highest BCUT2D eigenvalue weighted by Crippen LogP contribution is 2.33. The van der Waals surface area contributed by atoms with Crippen LogP contribution in [0.5, 0.6) is 11.5 Å². The number of benzene rings is 2. The summed E-state index contributed by atoms with van der Waals surface area (Å²) in [6.07, 6.45) is 3.60. The third kappa shape index (κ3) is 4.97. The quantitative estimate of drug-likeness (QED) is 0.318. The molecule has 0 amide bonds. The molecule has 9 nitrogen and oxygen atoms in total. The molecule has 0 radical (unpaired) electrons. The number of ether oxygens (including phenoxy) is 2. The Hall–Kier alpha value is -3.53. The van der Waals surface area contributed by atoms with Crippen LogP contribution in [0.15, 0.2) is 52.1 Å². The number of thioether (sulfide) groups is 1. The van der Waals surface area contributed by atoms with Crippen LogP contribution in [0.4, 0.5) is 5.95 Å². The minimum absolute atomic E-state index is 0.476. The fourth-order valence-corrected chi connectivity index (χ4v) is 4.89. The summed E-state index contributed by atoms with van der Waals surface area (Å²) in [5.41, 5.74) is 3.04. The molecule has 0 unspecified atom stereocenters. The molecule has 2 aromatic heterocycles. The third-order valence-corrected chi connectivity index (χ3v) is 6.90. The maximum absolute atomic E-state index is 5.53. The Morgan fingerprint density at radius 2 is 1.71 bits per heavy atom. The molecular weight excluding hydrogens is 464 g/mol. The van der Waals surface area contributed by atoms with Gasteiger partial charge in [-0.1, -0.05) is 34.6 Å². The van der Waals surface area contributed by atoms with E-state index >= 15 is 0 Å². The zero-order valence-corrected chi connectivity index (χ0v) is 20.9. The van der Waals surface area contributed by atoms with E-state index in [1.807, 2.05) is 18.2 Å². The predicted octanol–water partition coefficient (Wildman–Crippen LogP) is 4.93. The Bertz CT molecular complexity index is 1280. The lowest BCUT2D eigenvalue weighted by molar-refractivity contribution is 0.355. The number of aryl methyl sites for hydroxylation is 1. The summed E-state index contributed by atoms with van der Waals surface area (Å²) in [4.78, 5) is 6.90. The fraction of sp³-hybridized carbons (Fsp3) is 0.360. The second-order valence-electron chi connectivity index (χ2n) is 8.37. The van der Waals surface area contributed by atoms with Crippen LogP contribution in [0.25, 0.3) is 17.1 Å². The molecule has 35 heavy (non-hydrogen) atoms. The fourth-order valence-electron chi connectivity index (χ4n) is 4.11. The van der Waals surface area contributed by atoms with Gasteiger partial charge in [-0.05, 0) is 56.5 Å². The molecule has 182 valence electrons. The van der Waals surface area contributed by atoms with Gasteiger partial charge in [0.25, 0.3) is 0 Å². The lowest BCUT2D eigenvalue weighted by Gasteiger charge is -2.27. The SMILES string of the molecule is COc1ccc(-c2noc(CSc3nnc(N4CCCCC4)n3-c3ccc(C)cc3)n2)cc1OC. The van der Waals surface area contributed by atoms with Gasteiger partial charge < -0.3 is 18.9 Å². The van der Waals surface area contributed by atoms with Gasteiger partial charge in [-0.3, -0.25) is 4.57 Å². The van der Waals surface area contributed by atoms with Gasteiger partial charge in [-0.25, -0.2) is 0 Å². The molecule has 1 aliphatic heterocycles. The highest BCUT2D eigenvalue weighted by molar-refractivity contribution is 7.98. The van der Waals surface area contributed by atoms with Gasteiger partial charge in [-0.2, -0.15) is 4.98 Å². The van der Waals surface area contributed by atoms with Crippen molar-refractivity contribution in [1.82, 2.24) is 24.9 Å². The number of piperidine rings is 1. The van der Waals surface area contributed by atoms with E-state index in [2.05, 4.69) is 61.0 Å². The van der Waals surface area contributed by atoms with Gasteiger partial charge in [-0.15, -0.1) is 10.2 Å². The molecule has 10 heteroatoms. The van der Waals surface area contributed by atoms with Gasteiger partial charge in [0.15, 0.2) is 16.7 Å². The Morgan fingerprint density at radius 3 is 2.46 bits per heavy atom. The first-order valence-corrected chi connectivity index (χ1v) is 12.6. The summed E-state index contributed by atoms with van der Waals surface area (Å²) in [6.45, 7) is 4.07. The molecule has 3 heterocycles. The third-order valence-electron chi connectivity index (χ3n) is 5.98. The minimum atomic E-state index is 0.476. The number of rotatable bonds is 8. The number of hydrogen-bond donors (Lipinski definition) is 0. The summed E-state index contributed by atoms with van der Waals surface area (Å²) in [6, 6.07) is 14.0. The van der Waals surface area contributed by atoms with Crippen molar-refractivity contribution in [2.24, 2.45) is 0 Å². The Kier molecular flexibility index (Phi) is 6.89. The van der Waals surface area contributed by atoms with Crippen LogP contribution in [0.1, 0.15) is 30.7 Å². The second kappa shape index (κ2) is 10.4. The number of methoxy groups -OCH3 is 2. The van der Waals surface area contributed by atoms with E-state index in [-0.39, 0.29) is 0 Å². The first-order chi connectivity index (χ1) is 17.2. The molecular formula is C25H28N6O3S. The zero-order valence-electron chi connectivity index (χ0n) is 20.1. The normalized spacial score (nSPS) is 13.7. The van der Waals surface area contributed by atoms with Gasteiger partial charge in [0.05, 0.1) is 25.7 Å². The Labute approximate surface area is 208 Å². The van der Waals surface area contributed by atoms with Crippen molar-refractivity contribution in [3.05, 3.63) is 53.9 Å². The summed E-state index contributed by atoms with van der Waals surface area (Å²) < 4.78 is 18.4. The van der Waals surface area contributed by atoms with E-state index in [9.17, 15) is 0 Å². The van der Waals surface area contributed by atoms with Crippen molar-refractivity contribution < 1.29 is 14.0 Å². The summed E-state index contributed by atoms with van der Waals surface area (Å²) >= 11 is 1.53. The van der Waals surface area contributed by atoms with Crippen molar-refractivity contribution in [3.63, 3.8) is 0 Å². The maximum Gasteiger partial charge on any atom is 0.237 e. The number of anilines is 1. The van der Waals surface area contributed by atoms with Crippen LogP contribution < -0.4 is 14.4 Å². The molecule has 0 spiro atoms. The molecule has 1 saturated heterocycles. The molecule has 4 aromatic rings. The van der Waals surface area contributed by atoms with E-state index in [4.69, 9.17) is 14.0 Å². The number of aromatic nitrogens is 5. The summed E-state index contributed by atoms with van der Waals surface area (Å²) in [7, 11) is 3.20. The molecule has 1 aliphatic rings. The highest BCUT2D eigenvalue weighted by atomic mass is 32.2. The molecule has 0 atom stereocenters. The van der Waals surface area contributed by atoms with E-state index in [1.54, 1.807) is 14.2 Å². The van der Waals surface area contributed by atoms with E-state index in [0.717, 1.165) is 35.4 Å². The van der Waals surface area contributed by atoms with Crippen LogP contribution in [-0.2, 0) is 5.75 Å². The van der Waals surface area contributed by atoms with E-state index in [1.165, 1.54) is 36.6 Å². The Balaban J connectivity index is 1.38. The Morgan fingerprint density at radius 1 is 0.943 bits per heavy atom. The van der Waals surface area contributed by atoms with Crippen molar-refractivity contribution >= 4 is 17.7 Å². The molecule has 5 rings (SSSR count). The first-order valence-electron chi connectivity index (χ1n) is 11.6. The second-order valence-corrected chi connectivity index (χ2v) is 9.31. The first kappa shape index (κ1) is 23.2. The van der Waals surface area contributed by atoms with Crippen molar-refractivity contribution in [1.29, 1.82) is 0 Å². The predicted molar refractivity (Wildman–Crippen MR) is 135 cm³/mol. The molecule has 2 aromatic carbocycles. The molecule has 0 saturated carbocycles.